The topological polar surface area (TPSA) is 62.1 Å². The van der Waals surface area contributed by atoms with Crippen molar-refractivity contribution in [2.75, 3.05) is 13.1 Å². The largest absolute Gasteiger partial charge is 0.361 e. The molecule has 0 saturated carbocycles. The number of nitrogens with zero attached hydrogens (tertiary/aromatic N) is 1. The van der Waals surface area contributed by atoms with Crippen LogP contribution in [0.4, 0.5) is 0 Å². The first kappa shape index (κ1) is 11.3. The number of nitrogens with two attached hydrogens (primary N) is 1. The minimum atomic E-state index is 0.154. The third-order valence-electron chi connectivity index (χ3n) is 3.55. The summed E-state index contributed by atoms with van der Waals surface area (Å²) in [6.07, 6.45) is 3.30. The summed E-state index contributed by atoms with van der Waals surface area (Å²) in [6, 6.07) is 8.27. The van der Waals surface area contributed by atoms with Crippen molar-refractivity contribution in [3.05, 3.63) is 36.0 Å². The van der Waals surface area contributed by atoms with Crippen LogP contribution in [0.1, 0.15) is 12.0 Å². The van der Waals surface area contributed by atoms with Crippen LogP contribution in [0.5, 0.6) is 0 Å². The number of amides is 1. The third-order valence-corrected chi connectivity index (χ3v) is 3.55. The highest BCUT2D eigenvalue weighted by Crippen LogP contribution is 2.16. The van der Waals surface area contributed by atoms with Gasteiger partial charge in [-0.15, -0.1) is 0 Å². The molecule has 0 spiro atoms. The predicted octanol–water partition coefficient (Wildman–Crippen LogP) is 1.27. The highest BCUT2D eigenvalue weighted by atomic mass is 16.2. The fourth-order valence-corrected chi connectivity index (χ4v) is 2.51. The number of rotatable bonds is 2. The average molecular weight is 243 g/mol. The number of hydrogen-bond acceptors (Lipinski definition) is 2. The standard InChI is InChI=1S/C14H17N3O/c15-12-4-6-17(9-12)14(18)8-10-1-2-13-11(7-10)3-5-16-13/h1-3,5,7,12,16H,4,6,8-9,15H2. The molecule has 0 radical (unpaired) electrons. The maximum Gasteiger partial charge on any atom is 0.227 e. The van der Waals surface area contributed by atoms with Gasteiger partial charge in [-0.1, -0.05) is 6.07 Å². The molecule has 1 fully saturated rings. The Kier molecular flexibility index (Phi) is 2.80. The number of aromatic nitrogens is 1. The summed E-state index contributed by atoms with van der Waals surface area (Å²) in [7, 11) is 0. The van der Waals surface area contributed by atoms with Gasteiger partial charge in [-0.05, 0) is 35.6 Å². The second-order valence-corrected chi connectivity index (χ2v) is 4.96. The number of likely N-dealkylation sites (tertiary alicyclic amines) is 1. The normalized spacial score (nSPS) is 19.6. The SMILES string of the molecule is NC1CCN(C(=O)Cc2ccc3[nH]ccc3c2)C1. The minimum Gasteiger partial charge on any atom is -0.361 e. The van der Waals surface area contributed by atoms with Gasteiger partial charge in [-0.25, -0.2) is 0 Å². The number of carbonyl (C=O) groups excluding carboxylic acids is 1. The highest BCUT2D eigenvalue weighted by Gasteiger charge is 2.23. The Balaban J connectivity index is 1.73. The molecule has 1 aliphatic rings. The molecule has 94 valence electrons. The van der Waals surface area contributed by atoms with E-state index in [1.807, 2.05) is 29.3 Å². The Morgan fingerprint density at radius 3 is 3.11 bits per heavy atom. The fraction of sp³-hybridized carbons (Fsp3) is 0.357. The zero-order valence-electron chi connectivity index (χ0n) is 10.2. The van der Waals surface area contributed by atoms with E-state index in [-0.39, 0.29) is 11.9 Å². The average Bonchev–Trinajstić information content (AvgIpc) is 2.96. The molecule has 4 heteroatoms. The molecule has 1 amide bonds. The van der Waals surface area contributed by atoms with Crippen molar-refractivity contribution >= 4 is 16.8 Å². The van der Waals surface area contributed by atoms with Crippen LogP contribution in [-0.2, 0) is 11.2 Å². The molecule has 1 saturated heterocycles. The van der Waals surface area contributed by atoms with Gasteiger partial charge in [-0.3, -0.25) is 4.79 Å². The zero-order valence-corrected chi connectivity index (χ0v) is 10.2. The first-order valence-corrected chi connectivity index (χ1v) is 6.32. The van der Waals surface area contributed by atoms with E-state index >= 15 is 0 Å². The molecule has 18 heavy (non-hydrogen) atoms. The lowest BCUT2D eigenvalue weighted by Gasteiger charge is -2.15. The van der Waals surface area contributed by atoms with Crippen LogP contribution in [0, 0.1) is 0 Å². The van der Waals surface area contributed by atoms with Gasteiger partial charge >= 0.3 is 0 Å². The van der Waals surface area contributed by atoms with Gasteiger partial charge in [0.15, 0.2) is 0 Å². The molecule has 1 unspecified atom stereocenters. The first-order chi connectivity index (χ1) is 8.72. The summed E-state index contributed by atoms with van der Waals surface area (Å²) in [5.41, 5.74) is 7.99. The van der Waals surface area contributed by atoms with Gasteiger partial charge in [-0.2, -0.15) is 0 Å². The van der Waals surface area contributed by atoms with Gasteiger partial charge in [0.25, 0.3) is 0 Å². The molecule has 0 bridgehead atoms. The van der Waals surface area contributed by atoms with E-state index in [0.29, 0.717) is 13.0 Å². The maximum atomic E-state index is 12.1. The number of aromatic amines is 1. The Hall–Kier alpha value is -1.81. The summed E-state index contributed by atoms with van der Waals surface area (Å²) in [5.74, 6) is 0.179. The van der Waals surface area contributed by atoms with Crippen molar-refractivity contribution in [1.82, 2.24) is 9.88 Å². The molecule has 1 atom stereocenters. The molecule has 3 rings (SSSR count). The van der Waals surface area contributed by atoms with Crippen LogP contribution in [0.3, 0.4) is 0 Å². The Morgan fingerprint density at radius 2 is 2.33 bits per heavy atom. The van der Waals surface area contributed by atoms with Gasteiger partial charge < -0.3 is 15.6 Å². The lowest BCUT2D eigenvalue weighted by molar-refractivity contribution is -0.129. The van der Waals surface area contributed by atoms with Crippen LogP contribution >= 0.6 is 0 Å². The van der Waals surface area contributed by atoms with Crippen molar-refractivity contribution in [3.8, 4) is 0 Å². The number of benzene rings is 1. The quantitative estimate of drug-likeness (QED) is 0.834. The number of H-pyrrole nitrogens is 1. The summed E-state index contributed by atoms with van der Waals surface area (Å²) < 4.78 is 0. The van der Waals surface area contributed by atoms with E-state index in [1.54, 1.807) is 0 Å². The third kappa shape index (κ3) is 2.11. The number of hydrogen-bond donors (Lipinski definition) is 2. The van der Waals surface area contributed by atoms with E-state index in [9.17, 15) is 4.79 Å². The molecule has 1 aromatic heterocycles. The summed E-state index contributed by atoms with van der Waals surface area (Å²) in [6.45, 7) is 1.50. The van der Waals surface area contributed by atoms with Crippen molar-refractivity contribution < 1.29 is 4.79 Å². The fourth-order valence-electron chi connectivity index (χ4n) is 2.51. The van der Waals surface area contributed by atoms with Crippen LogP contribution in [-0.4, -0.2) is 34.9 Å². The van der Waals surface area contributed by atoms with Crippen LogP contribution in [0.2, 0.25) is 0 Å². The molecular formula is C14H17N3O. The molecule has 1 aliphatic heterocycles. The molecular weight excluding hydrogens is 226 g/mol. The second kappa shape index (κ2) is 4.46. The van der Waals surface area contributed by atoms with E-state index in [1.165, 1.54) is 0 Å². The summed E-state index contributed by atoms with van der Waals surface area (Å²) in [5, 5.41) is 1.15. The van der Waals surface area contributed by atoms with Gasteiger partial charge in [0.2, 0.25) is 5.91 Å². The smallest absolute Gasteiger partial charge is 0.227 e. The molecule has 4 nitrogen and oxygen atoms in total. The molecule has 0 aliphatic carbocycles. The van der Waals surface area contributed by atoms with E-state index in [2.05, 4.69) is 11.1 Å². The maximum absolute atomic E-state index is 12.1. The minimum absolute atomic E-state index is 0.154. The summed E-state index contributed by atoms with van der Waals surface area (Å²) >= 11 is 0. The Labute approximate surface area is 106 Å². The number of nitrogens with one attached hydrogen (secondary N) is 1. The Bertz CT molecular complexity index is 575. The van der Waals surface area contributed by atoms with Gasteiger partial charge in [0.1, 0.15) is 0 Å². The van der Waals surface area contributed by atoms with Crippen LogP contribution < -0.4 is 5.73 Å². The lowest BCUT2D eigenvalue weighted by Crippen LogP contribution is -2.32. The molecule has 1 aromatic carbocycles. The Morgan fingerprint density at radius 1 is 1.44 bits per heavy atom. The van der Waals surface area contributed by atoms with Gasteiger partial charge in [0, 0.05) is 30.8 Å². The van der Waals surface area contributed by atoms with Crippen molar-refractivity contribution in [2.24, 2.45) is 5.73 Å². The van der Waals surface area contributed by atoms with Crippen molar-refractivity contribution in [3.63, 3.8) is 0 Å². The molecule has 2 heterocycles. The van der Waals surface area contributed by atoms with E-state index < -0.39 is 0 Å². The molecule has 2 aromatic rings. The highest BCUT2D eigenvalue weighted by molar-refractivity contribution is 5.83. The van der Waals surface area contributed by atoms with Crippen LogP contribution in [0.15, 0.2) is 30.5 Å². The van der Waals surface area contributed by atoms with Crippen LogP contribution in [0.25, 0.3) is 10.9 Å². The number of fused-ring (bicyclic) bond motifs is 1. The van der Waals surface area contributed by atoms with Crippen molar-refractivity contribution in [2.45, 2.75) is 18.9 Å². The monoisotopic (exact) mass is 243 g/mol. The first-order valence-electron chi connectivity index (χ1n) is 6.32. The van der Waals surface area contributed by atoms with Crippen molar-refractivity contribution in [1.29, 1.82) is 0 Å². The van der Waals surface area contributed by atoms with E-state index in [4.69, 9.17) is 5.73 Å². The predicted molar refractivity (Wildman–Crippen MR) is 71.2 cm³/mol. The van der Waals surface area contributed by atoms with Gasteiger partial charge in [0.05, 0.1) is 6.42 Å². The molecule has 3 N–H and O–H groups in total. The lowest BCUT2D eigenvalue weighted by atomic mass is 10.1. The summed E-state index contributed by atoms with van der Waals surface area (Å²) in [4.78, 5) is 17.1. The second-order valence-electron chi connectivity index (χ2n) is 4.96. The zero-order chi connectivity index (χ0) is 12.5. The van der Waals surface area contributed by atoms with E-state index in [0.717, 1.165) is 29.4 Å². The number of carbonyl (C=O) groups is 1.